The lowest BCUT2D eigenvalue weighted by Crippen LogP contribution is -2.03. The molecule has 0 aliphatic rings. The molecule has 114 valence electrons. The van der Waals surface area contributed by atoms with Crippen molar-refractivity contribution in [2.24, 2.45) is 0 Å². The zero-order chi connectivity index (χ0) is 16.1. The van der Waals surface area contributed by atoms with Gasteiger partial charge in [-0.2, -0.15) is 0 Å². The van der Waals surface area contributed by atoms with Gasteiger partial charge >= 0.3 is 0 Å². The molecule has 0 unspecified atom stereocenters. The van der Waals surface area contributed by atoms with Gasteiger partial charge in [-0.25, -0.2) is 4.68 Å². The molecule has 4 nitrogen and oxygen atoms in total. The van der Waals surface area contributed by atoms with Crippen LogP contribution in [-0.4, -0.2) is 21.3 Å². The van der Waals surface area contributed by atoms with Crippen LogP contribution in [0.5, 0.6) is 0 Å². The first-order valence-electron chi connectivity index (χ1n) is 7.55. The lowest BCUT2D eigenvalue weighted by atomic mass is 10.1. The van der Waals surface area contributed by atoms with E-state index in [2.05, 4.69) is 23.3 Å². The Balaban J connectivity index is 2.08. The van der Waals surface area contributed by atoms with Crippen LogP contribution in [0.1, 0.15) is 34.2 Å². The Kier molecular flexibility index (Phi) is 4.43. The molecule has 0 saturated heterocycles. The Labute approximate surface area is 135 Å². The minimum atomic E-state index is 0.336. The fraction of sp³-hybridized carbons (Fsp3) is 0.105. The smallest absolute Gasteiger partial charge is 0.172 e. The van der Waals surface area contributed by atoms with Gasteiger partial charge in [-0.1, -0.05) is 66.7 Å². The summed E-state index contributed by atoms with van der Waals surface area (Å²) < 4.78 is 1.72. The normalized spacial score (nSPS) is 11.0. The number of benzene rings is 2. The highest BCUT2D eigenvalue weighted by atomic mass is 16.1. The minimum Gasteiger partial charge on any atom is -0.296 e. The first kappa shape index (κ1) is 14.9. The summed E-state index contributed by atoms with van der Waals surface area (Å²) >= 11 is 0. The minimum absolute atomic E-state index is 0.336. The van der Waals surface area contributed by atoms with E-state index in [1.165, 1.54) is 0 Å². The Hall–Kier alpha value is -3.01. The molecule has 3 rings (SSSR count). The van der Waals surface area contributed by atoms with Crippen molar-refractivity contribution in [1.29, 1.82) is 0 Å². The maximum atomic E-state index is 11.3. The summed E-state index contributed by atoms with van der Waals surface area (Å²) in [6.07, 6.45) is 5.46. The van der Waals surface area contributed by atoms with E-state index in [-0.39, 0.29) is 0 Å². The summed E-state index contributed by atoms with van der Waals surface area (Å²) in [7, 11) is 0. The summed E-state index contributed by atoms with van der Waals surface area (Å²) in [5.41, 5.74) is 4.18. The van der Waals surface area contributed by atoms with Crippen LogP contribution in [0.2, 0.25) is 0 Å². The number of nitrogens with zero attached hydrogens (tertiary/aromatic N) is 3. The summed E-state index contributed by atoms with van der Waals surface area (Å²) in [6, 6.07) is 17.9. The third kappa shape index (κ3) is 3.11. The van der Waals surface area contributed by atoms with E-state index in [1.807, 2.05) is 60.7 Å². The number of aryl methyl sites for hydroxylation is 1. The fourth-order valence-corrected chi connectivity index (χ4v) is 2.47. The molecule has 0 atom stereocenters. The van der Waals surface area contributed by atoms with Gasteiger partial charge < -0.3 is 0 Å². The molecule has 0 saturated carbocycles. The molecule has 4 heteroatoms. The summed E-state index contributed by atoms with van der Waals surface area (Å²) in [4.78, 5) is 11.3. The van der Waals surface area contributed by atoms with Gasteiger partial charge in [-0.3, -0.25) is 4.79 Å². The number of hydrogen-bond donors (Lipinski definition) is 0. The number of rotatable bonds is 5. The molecule has 3 aromatic rings. The SMILES string of the molecule is CCc1ccccc1-n1nnc(C=O)c1/C=C/c1ccccc1. The number of carbonyl (C=O) groups is 1. The van der Waals surface area contributed by atoms with E-state index in [0.717, 1.165) is 29.5 Å². The molecule has 0 bridgehead atoms. The van der Waals surface area contributed by atoms with E-state index in [9.17, 15) is 4.79 Å². The van der Waals surface area contributed by atoms with Crippen LogP contribution in [0.15, 0.2) is 54.6 Å². The molecule has 1 aromatic heterocycles. The molecule has 2 aromatic carbocycles. The third-order valence-electron chi connectivity index (χ3n) is 3.68. The van der Waals surface area contributed by atoms with Crippen molar-refractivity contribution in [3.8, 4) is 5.69 Å². The van der Waals surface area contributed by atoms with Crippen LogP contribution in [0.4, 0.5) is 0 Å². The van der Waals surface area contributed by atoms with Gasteiger partial charge in [0.2, 0.25) is 0 Å². The van der Waals surface area contributed by atoms with Crippen LogP contribution in [0.25, 0.3) is 17.8 Å². The van der Waals surface area contributed by atoms with Gasteiger partial charge in [-0.05, 0) is 29.7 Å². The molecule has 0 N–H and O–H groups in total. The van der Waals surface area contributed by atoms with Gasteiger partial charge in [0, 0.05) is 0 Å². The number of hydrogen-bond acceptors (Lipinski definition) is 3. The molecule has 0 amide bonds. The second kappa shape index (κ2) is 6.83. The van der Waals surface area contributed by atoms with Crippen LogP contribution in [-0.2, 0) is 6.42 Å². The second-order valence-electron chi connectivity index (χ2n) is 5.12. The Morgan fingerprint density at radius 1 is 1.00 bits per heavy atom. The first-order valence-corrected chi connectivity index (χ1v) is 7.55. The van der Waals surface area contributed by atoms with Gasteiger partial charge in [0.1, 0.15) is 0 Å². The molecule has 23 heavy (non-hydrogen) atoms. The van der Waals surface area contributed by atoms with Gasteiger partial charge in [0.15, 0.2) is 12.0 Å². The molecule has 0 aliphatic heterocycles. The zero-order valence-corrected chi connectivity index (χ0v) is 12.9. The number of para-hydroxylation sites is 1. The van der Waals surface area contributed by atoms with Crippen molar-refractivity contribution in [2.75, 3.05) is 0 Å². The number of aromatic nitrogens is 3. The highest BCUT2D eigenvalue weighted by molar-refractivity contribution is 5.82. The quantitative estimate of drug-likeness (QED) is 0.673. The first-order chi connectivity index (χ1) is 11.3. The third-order valence-corrected chi connectivity index (χ3v) is 3.68. The average molecular weight is 303 g/mol. The summed E-state index contributed by atoms with van der Waals surface area (Å²) in [5, 5.41) is 8.15. The van der Waals surface area contributed by atoms with Crippen molar-refractivity contribution >= 4 is 18.4 Å². The molecule has 0 radical (unpaired) electrons. The standard InChI is InChI=1S/C19H17N3O/c1-2-16-10-6-7-11-18(16)22-19(17(14-23)20-21-22)13-12-15-8-4-3-5-9-15/h3-14H,2H2,1H3/b13-12+. The van der Waals surface area contributed by atoms with Gasteiger partial charge in [0.05, 0.1) is 11.4 Å². The Morgan fingerprint density at radius 3 is 2.48 bits per heavy atom. The average Bonchev–Trinajstić information content (AvgIpc) is 3.03. The highest BCUT2D eigenvalue weighted by Gasteiger charge is 2.13. The Bertz CT molecular complexity index is 835. The highest BCUT2D eigenvalue weighted by Crippen LogP contribution is 2.19. The van der Waals surface area contributed by atoms with E-state index in [4.69, 9.17) is 0 Å². The largest absolute Gasteiger partial charge is 0.296 e. The van der Waals surface area contributed by atoms with Crippen molar-refractivity contribution in [1.82, 2.24) is 15.0 Å². The van der Waals surface area contributed by atoms with Crippen LogP contribution in [0, 0.1) is 0 Å². The molecule has 0 fully saturated rings. The monoisotopic (exact) mass is 303 g/mol. The van der Waals surface area contributed by atoms with E-state index in [1.54, 1.807) is 4.68 Å². The maximum absolute atomic E-state index is 11.3. The number of carbonyl (C=O) groups excluding carboxylic acids is 1. The van der Waals surface area contributed by atoms with Crippen LogP contribution < -0.4 is 0 Å². The molecule has 0 aliphatic carbocycles. The molecule has 0 spiro atoms. The summed E-state index contributed by atoms with van der Waals surface area (Å²) in [6.45, 7) is 2.09. The molecular weight excluding hydrogens is 286 g/mol. The van der Waals surface area contributed by atoms with Gasteiger partial charge in [0.25, 0.3) is 0 Å². The van der Waals surface area contributed by atoms with Crippen molar-refractivity contribution in [2.45, 2.75) is 13.3 Å². The van der Waals surface area contributed by atoms with Crippen molar-refractivity contribution < 1.29 is 4.79 Å². The lowest BCUT2D eigenvalue weighted by molar-refractivity contribution is 0.111. The van der Waals surface area contributed by atoms with Crippen LogP contribution >= 0.6 is 0 Å². The van der Waals surface area contributed by atoms with E-state index >= 15 is 0 Å². The Morgan fingerprint density at radius 2 is 1.74 bits per heavy atom. The van der Waals surface area contributed by atoms with Crippen LogP contribution in [0.3, 0.4) is 0 Å². The summed E-state index contributed by atoms with van der Waals surface area (Å²) in [5.74, 6) is 0. The second-order valence-corrected chi connectivity index (χ2v) is 5.12. The topological polar surface area (TPSA) is 47.8 Å². The van der Waals surface area contributed by atoms with E-state index < -0.39 is 0 Å². The fourth-order valence-electron chi connectivity index (χ4n) is 2.47. The van der Waals surface area contributed by atoms with Gasteiger partial charge in [-0.15, -0.1) is 5.10 Å². The van der Waals surface area contributed by atoms with Crippen molar-refractivity contribution in [3.05, 3.63) is 77.1 Å². The van der Waals surface area contributed by atoms with Crippen molar-refractivity contribution in [3.63, 3.8) is 0 Å². The molecule has 1 heterocycles. The van der Waals surface area contributed by atoms with E-state index in [0.29, 0.717) is 11.4 Å². The zero-order valence-electron chi connectivity index (χ0n) is 12.9. The predicted octanol–water partition coefficient (Wildman–Crippen LogP) is 3.81. The lowest BCUT2D eigenvalue weighted by Gasteiger charge is -2.08. The molecular formula is C19H17N3O. The maximum Gasteiger partial charge on any atom is 0.172 e. The predicted molar refractivity (Wildman–Crippen MR) is 91.5 cm³/mol. The number of aldehydes is 1.